The van der Waals surface area contributed by atoms with Gasteiger partial charge in [0.1, 0.15) is 18.1 Å². The van der Waals surface area contributed by atoms with Crippen LogP contribution in [0, 0.1) is 6.92 Å². The van der Waals surface area contributed by atoms with Crippen LogP contribution < -0.4 is 5.32 Å². The zero-order valence-corrected chi connectivity index (χ0v) is 21.8. The highest BCUT2D eigenvalue weighted by Crippen LogP contribution is 2.25. The zero-order chi connectivity index (χ0) is 26.3. The SMILES string of the molecule is Cc1ccc(-c2nnn(CC(=O)N(CCN3CCOCC3)C(C(=O)NC3CCCCC3)c3ccco3)n2)o1. The third-order valence-corrected chi connectivity index (χ3v) is 7.10. The Morgan fingerprint density at radius 3 is 2.68 bits per heavy atom. The lowest BCUT2D eigenvalue weighted by atomic mass is 9.95. The summed E-state index contributed by atoms with van der Waals surface area (Å²) < 4.78 is 16.7. The summed E-state index contributed by atoms with van der Waals surface area (Å²) in [5.41, 5.74) is 0. The second-order valence-corrected chi connectivity index (χ2v) is 9.86. The Hall–Kier alpha value is -3.51. The summed E-state index contributed by atoms with van der Waals surface area (Å²) in [6.45, 7) is 5.44. The summed E-state index contributed by atoms with van der Waals surface area (Å²) >= 11 is 0. The summed E-state index contributed by atoms with van der Waals surface area (Å²) in [4.78, 5) is 32.5. The molecule has 1 aliphatic carbocycles. The maximum absolute atomic E-state index is 13.8. The van der Waals surface area contributed by atoms with Crippen LogP contribution in [0.4, 0.5) is 0 Å². The lowest BCUT2D eigenvalue weighted by Crippen LogP contribution is -2.50. The van der Waals surface area contributed by atoms with Crippen LogP contribution in [0.5, 0.6) is 0 Å². The van der Waals surface area contributed by atoms with Gasteiger partial charge in [0.05, 0.1) is 19.5 Å². The highest BCUT2D eigenvalue weighted by Gasteiger charge is 2.35. The summed E-state index contributed by atoms with van der Waals surface area (Å²) in [5, 5.41) is 15.6. The molecule has 12 nitrogen and oxygen atoms in total. The molecule has 3 aromatic rings. The van der Waals surface area contributed by atoms with Gasteiger partial charge in [-0.3, -0.25) is 14.5 Å². The number of rotatable bonds is 10. The normalized spacial score (nSPS) is 17.8. The van der Waals surface area contributed by atoms with Crippen molar-refractivity contribution in [1.29, 1.82) is 0 Å². The highest BCUT2D eigenvalue weighted by atomic mass is 16.5. The van der Waals surface area contributed by atoms with Crippen LogP contribution >= 0.6 is 0 Å². The minimum atomic E-state index is -0.906. The van der Waals surface area contributed by atoms with Crippen molar-refractivity contribution in [2.24, 2.45) is 0 Å². The van der Waals surface area contributed by atoms with Crippen LogP contribution in [0.1, 0.15) is 49.7 Å². The lowest BCUT2D eigenvalue weighted by molar-refractivity contribution is -0.143. The second kappa shape index (κ2) is 12.4. The van der Waals surface area contributed by atoms with E-state index in [1.54, 1.807) is 23.1 Å². The van der Waals surface area contributed by atoms with Crippen LogP contribution in [0.2, 0.25) is 0 Å². The fraction of sp³-hybridized carbons (Fsp3) is 0.577. The van der Waals surface area contributed by atoms with Crippen molar-refractivity contribution >= 4 is 11.8 Å². The summed E-state index contributed by atoms with van der Waals surface area (Å²) in [7, 11) is 0. The number of aryl methyl sites for hydroxylation is 1. The molecule has 4 heterocycles. The average Bonchev–Trinajstić information content (AvgIpc) is 3.70. The number of tetrazole rings is 1. The van der Waals surface area contributed by atoms with Gasteiger partial charge < -0.3 is 23.8 Å². The molecule has 38 heavy (non-hydrogen) atoms. The van der Waals surface area contributed by atoms with Crippen molar-refractivity contribution in [2.75, 3.05) is 39.4 Å². The topological polar surface area (TPSA) is 132 Å². The number of nitrogens with one attached hydrogen (secondary N) is 1. The molecule has 1 saturated carbocycles. The molecule has 1 atom stereocenters. The molecule has 0 spiro atoms. The molecule has 2 amide bonds. The van der Waals surface area contributed by atoms with Gasteiger partial charge in [0, 0.05) is 32.2 Å². The molecule has 1 unspecified atom stereocenters. The van der Waals surface area contributed by atoms with Gasteiger partial charge in [-0.1, -0.05) is 19.3 Å². The van der Waals surface area contributed by atoms with E-state index in [4.69, 9.17) is 13.6 Å². The monoisotopic (exact) mass is 525 g/mol. The number of furan rings is 2. The summed E-state index contributed by atoms with van der Waals surface area (Å²) in [6, 6.07) is 6.24. The van der Waals surface area contributed by atoms with E-state index in [-0.39, 0.29) is 24.4 Å². The first kappa shape index (κ1) is 26.1. The molecule has 204 valence electrons. The Balaban J connectivity index is 1.36. The molecule has 2 aliphatic rings. The quantitative estimate of drug-likeness (QED) is 0.423. The van der Waals surface area contributed by atoms with Gasteiger partial charge in [-0.25, -0.2) is 0 Å². The molecular weight excluding hydrogens is 490 g/mol. The van der Waals surface area contributed by atoms with E-state index in [1.807, 2.05) is 13.0 Å². The van der Waals surface area contributed by atoms with Gasteiger partial charge in [-0.15, -0.1) is 10.2 Å². The Labute approximate surface area is 221 Å². The van der Waals surface area contributed by atoms with E-state index >= 15 is 0 Å². The fourth-order valence-corrected chi connectivity index (χ4v) is 5.05. The molecule has 12 heteroatoms. The predicted octanol–water partition coefficient (Wildman–Crippen LogP) is 2.19. The van der Waals surface area contributed by atoms with Crippen molar-refractivity contribution in [3.8, 4) is 11.6 Å². The molecule has 1 N–H and O–H groups in total. The number of morpholine rings is 1. The first-order chi connectivity index (χ1) is 18.6. The third-order valence-electron chi connectivity index (χ3n) is 7.10. The predicted molar refractivity (Wildman–Crippen MR) is 136 cm³/mol. The van der Waals surface area contributed by atoms with Crippen LogP contribution in [-0.2, 0) is 20.9 Å². The molecule has 0 bridgehead atoms. The number of carbonyl (C=O) groups is 2. The minimum Gasteiger partial charge on any atom is -0.467 e. The van der Waals surface area contributed by atoms with Gasteiger partial charge in [0.2, 0.25) is 11.7 Å². The number of hydrogen-bond acceptors (Lipinski definition) is 9. The first-order valence-electron chi connectivity index (χ1n) is 13.3. The van der Waals surface area contributed by atoms with E-state index in [9.17, 15) is 9.59 Å². The largest absolute Gasteiger partial charge is 0.467 e. The van der Waals surface area contributed by atoms with Crippen molar-refractivity contribution in [3.05, 3.63) is 42.0 Å². The molecular formula is C26H35N7O5. The van der Waals surface area contributed by atoms with Gasteiger partial charge in [-0.2, -0.15) is 4.80 Å². The van der Waals surface area contributed by atoms with Crippen LogP contribution in [0.25, 0.3) is 11.6 Å². The molecule has 3 aromatic heterocycles. The fourth-order valence-electron chi connectivity index (χ4n) is 5.05. The number of aromatic nitrogens is 4. The Morgan fingerprint density at radius 1 is 1.16 bits per heavy atom. The lowest BCUT2D eigenvalue weighted by Gasteiger charge is -2.34. The Morgan fingerprint density at radius 2 is 1.97 bits per heavy atom. The maximum Gasteiger partial charge on any atom is 0.250 e. The summed E-state index contributed by atoms with van der Waals surface area (Å²) in [6.07, 6.45) is 6.77. The smallest absolute Gasteiger partial charge is 0.250 e. The first-order valence-corrected chi connectivity index (χ1v) is 13.3. The third kappa shape index (κ3) is 6.48. The average molecular weight is 526 g/mol. The summed E-state index contributed by atoms with van der Waals surface area (Å²) in [5.74, 6) is 1.38. The highest BCUT2D eigenvalue weighted by molar-refractivity contribution is 5.88. The minimum absolute atomic E-state index is 0.0983. The van der Waals surface area contributed by atoms with Crippen LogP contribution in [0.3, 0.4) is 0 Å². The van der Waals surface area contributed by atoms with E-state index in [0.29, 0.717) is 43.6 Å². The van der Waals surface area contributed by atoms with Gasteiger partial charge in [0.25, 0.3) is 5.91 Å². The maximum atomic E-state index is 13.8. The van der Waals surface area contributed by atoms with E-state index in [2.05, 4.69) is 25.6 Å². The molecule has 1 saturated heterocycles. The van der Waals surface area contributed by atoms with Gasteiger partial charge >= 0.3 is 0 Å². The van der Waals surface area contributed by atoms with Crippen LogP contribution in [-0.4, -0.2) is 87.3 Å². The molecule has 0 radical (unpaired) electrons. The van der Waals surface area contributed by atoms with Crippen molar-refractivity contribution < 1.29 is 23.2 Å². The van der Waals surface area contributed by atoms with Crippen molar-refractivity contribution in [2.45, 2.75) is 57.7 Å². The number of carbonyl (C=O) groups excluding carboxylic acids is 2. The standard InChI is InChI=1S/C26H35N7O5/c1-19-9-10-22(38-19)25-28-30-33(29-25)18-23(34)32(12-11-31-13-16-36-17-14-31)24(21-8-5-15-37-21)26(35)27-20-6-3-2-4-7-20/h5,8-10,15,20,24H,2-4,6-7,11-14,16-18H2,1H3,(H,27,35). The molecule has 0 aromatic carbocycles. The molecule has 5 rings (SSSR count). The molecule has 1 aliphatic heterocycles. The Bertz CT molecular complexity index is 1180. The number of nitrogens with zero attached hydrogens (tertiary/aromatic N) is 6. The zero-order valence-electron chi connectivity index (χ0n) is 21.8. The van der Waals surface area contributed by atoms with Gasteiger partial charge in [0.15, 0.2) is 11.8 Å². The van der Waals surface area contributed by atoms with Crippen molar-refractivity contribution in [3.63, 3.8) is 0 Å². The van der Waals surface area contributed by atoms with E-state index < -0.39 is 6.04 Å². The second-order valence-electron chi connectivity index (χ2n) is 9.86. The molecule has 2 fully saturated rings. The van der Waals surface area contributed by atoms with Crippen molar-refractivity contribution in [1.82, 2.24) is 35.3 Å². The van der Waals surface area contributed by atoms with E-state index in [1.165, 1.54) is 17.5 Å². The number of ether oxygens (including phenoxy) is 1. The van der Waals surface area contributed by atoms with E-state index in [0.717, 1.165) is 44.5 Å². The van der Waals surface area contributed by atoms with Gasteiger partial charge in [-0.05, 0) is 49.2 Å². The number of hydrogen-bond donors (Lipinski definition) is 1. The Kier molecular flexibility index (Phi) is 8.49. The van der Waals surface area contributed by atoms with Crippen LogP contribution in [0.15, 0.2) is 39.4 Å². The number of amides is 2.